The first kappa shape index (κ1) is 19.4. The molecule has 0 aliphatic carbocycles. The number of carbonyl (C=O) groups is 2. The number of halogens is 2. The molecule has 2 aromatic carbocycles. The Kier molecular flexibility index (Phi) is 5.05. The van der Waals surface area contributed by atoms with Gasteiger partial charge in [0.1, 0.15) is 11.3 Å². The molecule has 0 aliphatic heterocycles. The number of nitrogens with one attached hydrogen (secondary N) is 1. The lowest BCUT2D eigenvalue weighted by atomic mass is 10.1. The number of anilines is 1. The van der Waals surface area contributed by atoms with Crippen LogP contribution in [-0.2, 0) is 0 Å². The van der Waals surface area contributed by atoms with Gasteiger partial charge in [0.25, 0.3) is 12.3 Å². The predicted octanol–water partition coefficient (Wildman–Crippen LogP) is 4.79. The topological polar surface area (TPSA) is 76.4 Å². The minimum absolute atomic E-state index is 0.0320. The molecule has 1 amide bonds. The maximum absolute atomic E-state index is 13.6. The molecule has 4 rings (SSSR count). The maximum atomic E-state index is 13.6. The zero-order valence-corrected chi connectivity index (χ0v) is 15.8. The van der Waals surface area contributed by atoms with Crippen LogP contribution >= 0.6 is 0 Å². The monoisotopic (exact) mass is 406 g/mol. The molecule has 0 spiro atoms. The fraction of sp³-hybridized carbons (Fsp3) is 0.0909. The SMILES string of the molecule is CC(=O)c1ccc(NC(=O)c2cnn3c(C(F)F)cc(-c4ccccc4)nc23)cc1. The average Bonchev–Trinajstić information content (AvgIpc) is 3.18. The van der Waals surface area contributed by atoms with Crippen molar-refractivity contribution in [1.29, 1.82) is 0 Å². The van der Waals surface area contributed by atoms with Gasteiger partial charge in [0, 0.05) is 16.8 Å². The summed E-state index contributed by atoms with van der Waals surface area (Å²) >= 11 is 0. The Morgan fingerprint density at radius 2 is 1.73 bits per heavy atom. The van der Waals surface area contributed by atoms with Crippen molar-refractivity contribution in [1.82, 2.24) is 14.6 Å². The van der Waals surface area contributed by atoms with Crippen molar-refractivity contribution in [2.45, 2.75) is 13.3 Å². The molecule has 0 aliphatic rings. The Hall–Kier alpha value is -3.94. The molecule has 0 saturated carbocycles. The molecule has 30 heavy (non-hydrogen) atoms. The quantitative estimate of drug-likeness (QED) is 0.484. The number of alkyl halides is 2. The van der Waals surface area contributed by atoms with Gasteiger partial charge in [0.05, 0.1) is 11.9 Å². The van der Waals surface area contributed by atoms with E-state index >= 15 is 0 Å². The summed E-state index contributed by atoms with van der Waals surface area (Å²) in [5.74, 6) is -0.633. The molecule has 0 atom stereocenters. The van der Waals surface area contributed by atoms with Gasteiger partial charge >= 0.3 is 0 Å². The van der Waals surface area contributed by atoms with Crippen molar-refractivity contribution in [3.63, 3.8) is 0 Å². The van der Waals surface area contributed by atoms with Crippen LogP contribution in [0.5, 0.6) is 0 Å². The van der Waals surface area contributed by atoms with Gasteiger partial charge in [-0.1, -0.05) is 30.3 Å². The summed E-state index contributed by atoms with van der Waals surface area (Å²) < 4.78 is 28.2. The van der Waals surface area contributed by atoms with Crippen LogP contribution in [0.3, 0.4) is 0 Å². The minimum Gasteiger partial charge on any atom is -0.322 e. The molecular weight excluding hydrogens is 390 g/mol. The van der Waals surface area contributed by atoms with Gasteiger partial charge in [-0.2, -0.15) is 5.10 Å². The van der Waals surface area contributed by atoms with Crippen LogP contribution in [0.2, 0.25) is 0 Å². The Bertz CT molecular complexity index is 1240. The normalized spacial score (nSPS) is 11.1. The smallest absolute Gasteiger partial charge is 0.280 e. The van der Waals surface area contributed by atoms with E-state index in [4.69, 9.17) is 0 Å². The third kappa shape index (κ3) is 3.67. The first-order valence-electron chi connectivity index (χ1n) is 9.08. The van der Waals surface area contributed by atoms with E-state index in [0.717, 1.165) is 4.52 Å². The molecule has 2 aromatic heterocycles. The number of nitrogens with zero attached hydrogens (tertiary/aromatic N) is 3. The second-order valence-electron chi connectivity index (χ2n) is 6.61. The van der Waals surface area contributed by atoms with E-state index in [9.17, 15) is 18.4 Å². The van der Waals surface area contributed by atoms with E-state index in [-0.39, 0.29) is 22.7 Å². The lowest BCUT2D eigenvalue weighted by Crippen LogP contribution is -2.13. The Labute approximate surface area is 170 Å². The van der Waals surface area contributed by atoms with Crippen molar-refractivity contribution in [3.8, 4) is 11.3 Å². The van der Waals surface area contributed by atoms with Gasteiger partial charge in [-0.15, -0.1) is 0 Å². The predicted molar refractivity (Wildman–Crippen MR) is 108 cm³/mol. The third-order valence-electron chi connectivity index (χ3n) is 4.59. The Balaban J connectivity index is 1.74. The molecular formula is C22H16F2N4O2. The van der Waals surface area contributed by atoms with Crippen LogP contribution in [0.25, 0.3) is 16.9 Å². The van der Waals surface area contributed by atoms with E-state index in [2.05, 4.69) is 15.4 Å². The number of aromatic nitrogens is 3. The highest BCUT2D eigenvalue weighted by Crippen LogP contribution is 2.27. The standard InChI is InChI=1S/C22H16F2N4O2/c1-13(29)14-7-9-16(10-8-14)26-22(30)17-12-25-28-19(20(23)24)11-18(27-21(17)28)15-5-3-2-4-6-15/h2-12,20H,1H3,(H,26,30). The molecule has 4 aromatic rings. The largest absolute Gasteiger partial charge is 0.322 e. The number of hydrogen-bond acceptors (Lipinski definition) is 4. The molecule has 0 fully saturated rings. The molecule has 2 heterocycles. The van der Waals surface area contributed by atoms with E-state index in [0.29, 0.717) is 22.5 Å². The molecule has 150 valence electrons. The van der Waals surface area contributed by atoms with Gasteiger partial charge in [-0.3, -0.25) is 9.59 Å². The number of benzene rings is 2. The van der Waals surface area contributed by atoms with Gasteiger partial charge < -0.3 is 5.32 Å². The van der Waals surface area contributed by atoms with E-state index in [1.807, 2.05) is 6.07 Å². The van der Waals surface area contributed by atoms with Crippen LogP contribution < -0.4 is 5.32 Å². The fourth-order valence-electron chi connectivity index (χ4n) is 3.05. The first-order chi connectivity index (χ1) is 14.4. The van der Waals surface area contributed by atoms with E-state index in [1.165, 1.54) is 19.2 Å². The van der Waals surface area contributed by atoms with Crippen LogP contribution in [0.1, 0.15) is 39.8 Å². The van der Waals surface area contributed by atoms with Crippen molar-refractivity contribution in [2.24, 2.45) is 0 Å². The van der Waals surface area contributed by atoms with Crippen LogP contribution in [0, 0.1) is 0 Å². The summed E-state index contributed by atoms with van der Waals surface area (Å²) in [6.45, 7) is 1.45. The zero-order chi connectivity index (χ0) is 21.3. The number of Topliss-reactive ketones (excluding diaryl/α,β-unsaturated/α-hetero) is 1. The molecule has 0 saturated heterocycles. The van der Waals surface area contributed by atoms with Gasteiger partial charge in [-0.05, 0) is 37.3 Å². The summed E-state index contributed by atoms with van der Waals surface area (Å²) in [4.78, 5) is 28.6. The molecule has 8 heteroatoms. The van der Waals surface area contributed by atoms with Crippen molar-refractivity contribution >= 4 is 23.0 Å². The molecule has 0 unspecified atom stereocenters. The van der Waals surface area contributed by atoms with Crippen LogP contribution in [0.4, 0.5) is 14.5 Å². The van der Waals surface area contributed by atoms with Crippen molar-refractivity contribution in [3.05, 3.63) is 83.7 Å². The summed E-state index contributed by atoms with van der Waals surface area (Å²) in [5, 5.41) is 6.62. The third-order valence-corrected chi connectivity index (χ3v) is 4.59. The van der Waals surface area contributed by atoms with Gasteiger partial charge in [0.15, 0.2) is 11.4 Å². The zero-order valence-electron chi connectivity index (χ0n) is 15.8. The number of hydrogen-bond donors (Lipinski definition) is 1. The highest BCUT2D eigenvalue weighted by molar-refractivity contribution is 6.08. The second-order valence-corrected chi connectivity index (χ2v) is 6.61. The molecule has 0 bridgehead atoms. The molecule has 6 nitrogen and oxygen atoms in total. The van der Waals surface area contributed by atoms with E-state index < -0.39 is 12.3 Å². The number of fused-ring (bicyclic) bond motifs is 1. The van der Waals surface area contributed by atoms with Crippen molar-refractivity contribution in [2.75, 3.05) is 5.32 Å². The lowest BCUT2D eigenvalue weighted by Gasteiger charge is -2.09. The number of carbonyl (C=O) groups excluding carboxylic acids is 2. The molecule has 0 radical (unpaired) electrons. The Morgan fingerprint density at radius 3 is 2.37 bits per heavy atom. The average molecular weight is 406 g/mol. The summed E-state index contributed by atoms with van der Waals surface area (Å²) in [6.07, 6.45) is -1.59. The van der Waals surface area contributed by atoms with Crippen LogP contribution in [0.15, 0.2) is 66.9 Å². The summed E-state index contributed by atoms with van der Waals surface area (Å²) in [5.41, 5.74) is 1.67. The minimum atomic E-state index is -2.80. The number of rotatable bonds is 5. The second kappa shape index (κ2) is 7.82. The number of ketones is 1. The fourth-order valence-corrected chi connectivity index (χ4v) is 3.05. The van der Waals surface area contributed by atoms with Gasteiger partial charge in [-0.25, -0.2) is 18.3 Å². The summed E-state index contributed by atoms with van der Waals surface area (Å²) in [7, 11) is 0. The lowest BCUT2D eigenvalue weighted by molar-refractivity contribution is 0.101. The van der Waals surface area contributed by atoms with Crippen LogP contribution in [-0.4, -0.2) is 26.3 Å². The van der Waals surface area contributed by atoms with Crippen molar-refractivity contribution < 1.29 is 18.4 Å². The Morgan fingerprint density at radius 1 is 1.03 bits per heavy atom. The highest BCUT2D eigenvalue weighted by Gasteiger charge is 2.21. The first-order valence-corrected chi connectivity index (χ1v) is 9.08. The molecule has 1 N–H and O–H groups in total. The number of amides is 1. The van der Waals surface area contributed by atoms with E-state index in [1.54, 1.807) is 48.5 Å². The maximum Gasteiger partial charge on any atom is 0.280 e. The summed E-state index contributed by atoms with van der Waals surface area (Å²) in [6, 6.07) is 16.5. The highest BCUT2D eigenvalue weighted by atomic mass is 19.3. The van der Waals surface area contributed by atoms with Gasteiger partial charge in [0.2, 0.25) is 0 Å².